The Labute approximate surface area is 178 Å². The summed E-state index contributed by atoms with van der Waals surface area (Å²) in [4.78, 5) is 23.2. The second-order valence-electron chi connectivity index (χ2n) is 7.74. The van der Waals surface area contributed by atoms with Gasteiger partial charge in [0, 0.05) is 6.54 Å². The summed E-state index contributed by atoms with van der Waals surface area (Å²) in [7, 11) is 0. The van der Waals surface area contributed by atoms with Gasteiger partial charge in [-0.1, -0.05) is 0 Å². The van der Waals surface area contributed by atoms with Gasteiger partial charge in [-0.15, -0.1) is 0 Å². The summed E-state index contributed by atoms with van der Waals surface area (Å²) >= 11 is 0. The Kier molecular flexibility index (Phi) is 4.79. The summed E-state index contributed by atoms with van der Waals surface area (Å²) in [6.45, 7) is 0.477. The molecule has 3 aromatic rings. The van der Waals surface area contributed by atoms with Crippen LogP contribution in [-0.2, 0) is 6.18 Å². The van der Waals surface area contributed by atoms with Crippen LogP contribution in [0, 0.1) is 11.7 Å². The summed E-state index contributed by atoms with van der Waals surface area (Å²) < 4.78 is 57.8. The second kappa shape index (κ2) is 7.53. The highest BCUT2D eigenvalue weighted by Gasteiger charge is 2.49. The van der Waals surface area contributed by atoms with Gasteiger partial charge >= 0.3 is 6.18 Å². The zero-order chi connectivity index (χ0) is 22.5. The molecule has 32 heavy (non-hydrogen) atoms. The van der Waals surface area contributed by atoms with Crippen molar-refractivity contribution in [2.45, 2.75) is 31.2 Å². The minimum absolute atomic E-state index is 0.0462. The van der Waals surface area contributed by atoms with E-state index in [0.717, 1.165) is 12.3 Å². The molecule has 0 radical (unpaired) electrons. The molecule has 12 heteroatoms. The van der Waals surface area contributed by atoms with E-state index in [9.17, 15) is 22.4 Å². The molecule has 2 aliphatic rings. The molecule has 2 aromatic heterocycles. The largest absolute Gasteiger partial charge is 0.471 e. The van der Waals surface area contributed by atoms with Gasteiger partial charge < -0.3 is 9.64 Å². The quantitative estimate of drug-likeness (QED) is 0.571. The van der Waals surface area contributed by atoms with Gasteiger partial charge in [-0.05, 0) is 37.0 Å². The van der Waals surface area contributed by atoms with E-state index in [-0.39, 0.29) is 23.4 Å². The molecule has 1 aliphatic heterocycles. The molecular formula is C20H16F4N6O2. The van der Waals surface area contributed by atoms with Gasteiger partial charge in [-0.3, -0.25) is 4.79 Å². The molecule has 1 saturated carbocycles. The lowest BCUT2D eigenvalue weighted by Crippen LogP contribution is -2.47. The van der Waals surface area contributed by atoms with E-state index in [1.165, 1.54) is 29.3 Å². The molecule has 3 atom stereocenters. The van der Waals surface area contributed by atoms with Crippen molar-refractivity contribution in [2.24, 2.45) is 5.92 Å². The molecule has 3 heterocycles. The molecule has 8 nitrogen and oxygen atoms in total. The number of aromatic nitrogens is 5. The maximum atomic E-state index is 14.0. The Morgan fingerprint density at radius 1 is 1.09 bits per heavy atom. The number of amides is 1. The average molecular weight is 448 g/mol. The molecule has 0 spiro atoms. The summed E-state index contributed by atoms with van der Waals surface area (Å²) in [5.41, 5.74) is -0.655. The number of piperidine rings is 1. The van der Waals surface area contributed by atoms with Gasteiger partial charge in [0.1, 0.15) is 11.9 Å². The molecule has 1 aromatic carbocycles. The Balaban J connectivity index is 1.37. The highest BCUT2D eigenvalue weighted by atomic mass is 19.4. The molecule has 1 aliphatic carbocycles. The first-order chi connectivity index (χ1) is 15.3. The number of hydrogen-bond donors (Lipinski definition) is 0. The standard InChI is InChI=1S/C20H16F4N6O2/c21-12-1-2-14(30-27-3-4-28-30)13(7-12)19(31)29-10-11-5-15(29)16(6-11)32-18-9-25-17(8-26-18)20(22,23)24/h1-4,7-9,11,15-16H,5-6,10H2/t11-,15?,16?/m1/s1. The minimum atomic E-state index is -4.59. The van der Waals surface area contributed by atoms with E-state index >= 15 is 0 Å². The number of likely N-dealkylation sites (tertiary alicyclic amines) is 1. The molecule has 1 saturated heterocycles. The third-order valence-corrected chi connectivity index (χ3v) is 5.70. The molecule has 2 fully saturated rings. The Morgan fingerprint density at radius 2 is 1.88 bits per heavy atom. The van der Waals surface area contributed by atoms with Crippen LogP contribution in [-0.4, -0.2) is 54.5 Å². The monoisotopic (exact) mass is 448 g/mol. The molecule has 2 unspecified atom stereocenters. The van der Waals surface area contributed by atoms with Crippen molar-refractivity contribution in [2.75, 3.05) is 6.54 Å². The molecule has 0 N–H and O–H groups in total. The van der Waals surface area contributed by atoms with Crippen molar-refractivity contribution in [1.29, 1.82) is 0 Å². The molecule has 1 amide bonds. The lowest BCUT2D eigenvalue weighted by molar-refractivity contribution is -0.141. The van der Waals surface area contributed by atoms with Crippen LogP contribution in [0.2, 0.25) is 0 Å². The number of fused-ring (bicyclic) bond motifs is 2. The van der Waals surface area contributed by atoms with Crippen molar-refractivity contribution in [3.63, 3.8) is 0 Å². The van der Waals surface area contributed by atoms with Gasteiger partial charge in [-0.25, -0.2) is 14.4 Å². The number of ether oxygens (including phenoxy) is 1. The number of benzene rings is 1. The van der Waals surface area contributed by atoms with Gasteiger partial charge in [0.25, 0.3) is 5.91 Å². The number of hydrogen-bond acceptors (Lipinski definition) is 6. The third kappa shape index (κ3) is 3.65. The van der Waals surface area contributed by atoms with E-state index in [0.29, 0.717) is 31.3 Å². The van der Waals surface area contributed by atoms with Crippen LogP contribution < -0.4 is 4.74 Å². The van der Waals surface area contributed by atoms with E-state index in [1.807, 2.05) is 0 Å². The zero-order valence-electron chi connectivity index (χ0n) is 16.4. The van der Waals surface area contributed by atoms with Crippen LogP contribution in [0.3, 0.4) is 0 Å². The first-order valence-electron chi connectivity index (χ1n) is 9.82. The summed E-state index contributed by atoms with van der Waals surface area (Å²) in [6.07, 6.45) is 0.699. The smallest absolute Gasteiger partial charge is 0.434 e. The topological polar surface area (TPSA) is 86.0 Å². The van der Waals surface area contributed by atoms with Gasteiger partial charge in [0.15, 0.2) is 5.69 Å². The molecular weight excluding hydrogens is 432 g/mol. The molecule has 2 bridgehead atoms. The number of carbonyl (C=O) groups is 1. The first-order valence-corrected chi connectivity index (χ1v) is 9.82. The molecule has 166 valence electrons. The first kappa shape index (κ1) is 20.3. The van der Waals surface area contributed by atoms with Crippen LogP contribution in [0.4, 0.5) is 17.6 Å². The fourth-order valence-corrected chi connectivity index (χ4v) is 4.35. The van der Waals surface area contributed by atoms with Crippen LogP contribution in [0.15, 0.2) is 43.0 Å². The Morgan fingerprint density at radius 3 is 2.53 bits per heavy atom. The predicted molar refractivity (Wildman–Crippen MR) is 100 cm³/mol. The summed E-state index contributed by atoms with van der Waals surface area (Å²) in [5.74, 6) is -0.844. The van der Waals surface area contributed by atoms with Crippen LogP contribution >= 0.6 is 0 Å². The van der Waals surface area contributed by atoms with Crippen molar-refractivity contribution >= 4 is 5.91 Å². The van der Waals surface area contributed by atoms with Crippen LogP contribution in [0.25, 0.3) is 5.69 Å². The van der Waals surface area contributed by atoms with Crippen molar-refractivity contribution in [3.05, 3.63) is 60.1 Å². The third-order valence-electron chi connectivity index (χ3n) is 5.70. The van der Waals surface area contributed by atoms with Crippen molar-refractivity contribution in [3.8, 4) is 11.6 Å². The highest BCUT2D eigenvalue weighted by molar-refractivity contribution is 5.98. The van der Waals surface area contributed by atoms with E-state index in [4.69, 9.17) is 4.74 Å². The van der Waals surface area contributed by atoms with Crippen molar-refractivity contribution in [1.82, 2.24) is 29.9 Å². The lowest BCUT2D eigenvalue weighted by Gasteiger charge is -2.33. The van der Waals surface area contributed by atoms with Gasteiger partial charge in [0.2, 0.25) is 5.88 Å². The van der Waals surface area contributed by atoms with Gasteiger partial charge in [-0.2, -0.15) is 28.2 Å². The average Bonchev–Trinajstić information content (AvgIpc) is 3.50. The lowest BCUT2D eigenvalue weighted by atomic mass is 10.1. The predicted octanol–water partition coefficient (Wildman–Crippen LogP) is 2.90. The maximum Gasteiger partial charge on any atom is 0.434 e. The van der Waals surface area contributed by atoms with Crippen LogP contribution in [0.5, 0.6) is 5.88 Å². The van der Waals surface area contributed by atoms with Crippen molar-refractivity contribution < 1.29 is 27.1 Å². The minimum Gasteiger partial charge on any atom is -0.471 e. The number of rotatable bonds is 4. The Hall–Kier alpha value is -3.57. The zero-order valence-corrected chi connectivity index (χ0v) is 16.4. The van der Waals surface area contributed by atoms with E-state index < -0.39 is 29.7 Å². The summed E-state index contributed by atoms with van der Waals surface area (Å²) in [6, 6.07) is 3.48. The second-order valence-corrected chi connectivity index (χ2v) is 7.74. The number of nitrogens with zero attached hydrogens (tertiary/aromatic N) is 6. The summed E-state index contributed by atoms with van der Waals surface area (Å²) in [5, 5.41) is 8.04. The highest BCUT2D eigenvalue weighted by Crippen LogP contribution is 2.40. The Bertz CT molecular complexity index is 1140. The fourth-order valence-electron chi connectivity index (χ4n) is 4.35. The number of carbonyl (C=O) groups excluding carboxylic acids is 1. The van der Waals surface area contributed by atoms with Crippen LogP contribution in [0.1, 0.15) is 28.9 Å². The maximum absolute atomic E-state index is 14.0. The molecule has 5 rings (SSSR count). The van der Waals surface area contributed by atoms with E-state index in [1.54, 1.807) is 4.90 Å². The normalized spacial score (nSPS) is 22.4. The number of halogens is 4. The van der Waals surface area contributed by atoms with E-state index in [2.05, 4.69) is 20.2 Å². The SMILES string of the molecule is O=C(c1cc(F)ccc1-n1nccn1)N1C[C@H]2CC(Oc3cnc(C(F)(F)F)cn3)C1C2. The fraction of sp³-hybridized carbons (Fsp3) is 0.350. The van der Waals surface area contributed by atoms with Gasteiger partial charge in [0.05, 0.1) is 42.1 Å². The number of alkyl halides is 3.